The van der Waals surface area contributed by atoms with Crippen LogP contribution in [0.4, 0.5) is 0 Å². The molecular formula is C18H57I2NV. The second kappa shape index (κ2) is 1680. The first-order valence-corrected chi connectivity index (χ1v) is 11.5. The van der Waals surface area contributed by atoms with E-state index in [-0.39, 0.29) is 63.1 Å². The molecule has 0 unspecified atom stereocenters. The monoisotopic (exact) mass is 592 g/mol. The molecule has 0 rings (SSSR count). The van der Waals surface area contributed by atoms with Crippen molar-refractivity contribution in [1.29, 1.82) is 0 Å². The Kier molecular flexibility index (Phi) is 10100. The first kappa shape index (κ1) is 132. The molecule has 2 N–H and O–H groups in total. The average molecular weight is 592 g/mol. The Morgan fingerprint density at radius 2 is 0.591 bits per heavy atom. The molecule has 22 heavy (non-hydrogen) atoms. The van der Waals surface area contributed by atoms with Gasteiger partial charge in [-0.25, -0.2) is 0 Å². The van der Waals surface area contributed by atoms with E-state index in [4.69, 9.17) is 5.73 Å². The SMILES string of the molecule is C.C.C.C.C.C.C=C.C=C.CC.CC.CC.CCN.II.[V]. The zero-order chi connectivity index (χ0) is 14.7. The van der Waals surface area contributed by atoms with E-state index in [2.05, 4.69) is 63.5 Å². The van der Waals surface area contributed by atoms with Crippen LogP contribution in [0.3, 0.4) is 0 Å². The smallest absolute Gasteiger partial charge is 0 e. The molecule has 0 aromatic carbocycles. The van der Waals surface area contributed by atoms with Crippen molar-refractivity contribution >= 4 is 37.2 Å². The largest absolute Gasteiger partial charge is 0.331 e. The van der Waals surface area contributed by atoms with Gasteiger partial charge >= 0.3 is 0 Å². The fourth-order valence-corrected chi connectivity index (χ4v) is 0. The maximum Gasteiger partial charge on any atom is 0 e. The second-order valence-electron chi connectivity index (χ2n) is 0.408. The Balaban J connectivity index is -0.00000000270. The summed E-state index contributed by atoms with van der Waals surface area (Å²) in [6.07, 6.45) is 0. The Labute approximate surface area is 186 Å². The molecule has 0 atom stereocenters. The third-order valence-electron chi connectivity index (χ3n) is 0. The van der Waals surface area contributed by atoms with Crippen LogP contribution >= 0.6 is 37.2 Å². The summed E-state index contributed by atoms with van der Waals surface area (Å²) in [5.74, 6) is 0. The van der Waals surface area contributed by atoms with Crippen LogP contribution in [0.2, 0.25) is 0 Å². The van der Waals surface area contributed by atoms with E-state index in [1.807, 2.05) is 48.5 Å². The summed E-state index contributed by atoms with van der Waals surface area (Å²) in [7, 11) is 0. The van der Waals surface area contributed by atoms with Gasteiger partial charge in [0.25, 0.3) is 0 Å². The van der Waals surface area contributed by atoms with Crippen molar-refractivity contribution < 1.29 is 18.6 Å². The van der Waals surface area contributed by atoms with E-state index in [9.17, 15) is 0 Å². The molecule has 1 radical (unpaired) electrons. The molecule has 0 amide bonds. The van der Waals surface area contributed by atoms with Crippen molar-refractivity contribution in [2.75, 3.05) is 6.54 Å². The van der Waals surface area contributed by atoms with Crippen LogP contribution in [0.1, 0.15) is 93.0 Å². The van der Waals surface area contributed by atoms with Gasteiger partial charge in [-0.3, -0.25) is 0 Å². The molecular weight excluding hydrogens is 535 g/mol. The summed E-state index contributed by atoms with van der Waals surface area (Å²) in [5.41, 5.74) is 4.85. The van der Waals surface area contributed by atoms with E-state index in [0.717, 1.165) is 6.54 Å². The van der Waals surface area contributed by atoms with Crippen molar-refractivity contribution in [2.45, 2.75) is 93.0 Å². The quantitative estimate of drug-likeness (QED) is 0.220. The summed E-state index contributed by atoms with van der Waals surface area (Å²) in [4.78, 5) is 0. The number of halogens is 2. The van der Waals surface area contributed by atoms with Crippen LogP contribution < -0.4 is 5.73 Å². The van der Waals surface area contributed by atoms with Gasteiger partial charge in [0.1, 0.15) is 0 Å². The van der Waals surface area contributed by atoms with Gasteiger partial charge in [-0.15, -0.1) is 26.3 Å². The third kappa shape index (κ3) is 4090. The molecule has 0 bridgehead atoms. The van der Waals surface area contributed by atoms with E-state index in [1.54, 1.807) is 0 Å². The molecule has 0 aromatic heterocycles. The molecule has 0 aliphatic rings. The van der Waals surface area contributed by atoms with Gasteiger partial charge in [0, 0.05) is 55.8 Å². The van der Waals surface area contributed by atoms with Crippen LogP contribution in [0, 0.1) is 0 Å². The Hall–Kier alpha value is 1.48. The van der Waals surface area contributed by atoms with Crippen LogP contribution in [0.5, 0.6) is 0 Å². The van der Waals surface area contributed by atoms with E-state index in [1.165, 1.54) is 0 Å². The second-order valence-corrected chi connectivity index (χ2v) is 0.408. The standard InChI is InChI=1S/C2H7N.3C2H6.2C2H4.6CH4.I2.V/c1-2-3;5*1-2;;;;;;;1-2;/h2-3H2,1H3;3*1-2H3;2*1-2H2;6*1H4;;. The molecule has 0 heterocycles. The Bertz CT molecular complexity index is 28.6. The molecule has 0 spiro atoms. The fourth-order valence-electron chi connectivity index (χ4n) is 0. The van der Waals surface area contributed by atoms with Gasteiger partial charge in [-0.05, 0) is 6.54 Å². The van der Waals surface area contributed by atoms with Crippen LogP contribution in [-0.4, -0.2) is 6.54 Å². The Morgan fingerprint density at radius 3 is 0.591 bits per heavy atom. The van der Waals surface area contributed by atoms with Crippen molar-refractivity contribution in [3.05, 3.63) is 26.3 Å². The summed E-state index contributed by atoms with van der Waals surface area (Å²) in [5, 5.41) is 0. The van der Waals surface area contributed by atoms with Crippen molar-refractivity contribution in [3.8, 4) is 0 Å². The number of hydrogen-bond acceptors (Lipinski definition) is 1. The number of rotatable bonds is 0. The van der Waals surface area contributed by atoms with Crippen molar-refractivity contribution in [3.63, 3.8) is 0 Å². The third-order valence-corrected chi connectivity index (χ3v) is 0. The van der Waals surface area contributed by atoms with Crippen molar-refractivity contribution in [1.82, 2.24) is 0 Å². The molecule has 0 aromatic rings. The predicted molar refractivity (Wildman–Crippen MR) is 140 cm³/mol. The molecule has 0 saturated heterocycles. The topological polar surface area (TPSA) is 26.0 Å². The minimum absolute atomic E-state index is 0. The molecule has 0 saturated carbocycles. The molecule has 4 heteroatoms. The summed E-state index contributed by atoms with van der Waals surface area (Å²) in [6, 6.07) is 0. The average Bonchev–Trinajstić information content (AvgIpc) is 2.44. The number of hydrogen-bond donors (Lipinski definition) is 1. The normalized spacial score (nSPS) is 2.27. The van der Waals surface area contributed by atoms with Crippen molar-refractivity contribution in [2.24, 2.45) is 5.73 Å². The van der Waals surface area contributed by atoms with Gasteiger partial charge in [0.05, 0.1) is 0 Å². The first-order chi connectivity index (χ1) is 7.41. The van der Waals surface area contributed by atoms with E-state index in [0.29, 0.717) is 0 Å². The van der Waals surface area contributed by atoms with Crippen LogP contribution in [0.25, 0.3) is 0 Å². The Morgan fingerprint density at radius 1 is 0.591 bits per heavy atom. The maximum absolute atomic E-state index is 4.85. The molecule has 153 valence electrons. The summed E-state index contributed by atoms with van der Waals surface area (Å²) < 4.78 is 0. The molecule has 1 nitrogen and oxygen atoms in total. The van der Waals surface area contributed by atoms with Gasteiger partial charge < -0.3 is 5.73 Å². The van der Waals surface area contributed by atoms with Crippen LogP contribution in [0.15, 0.2) is 26.3 Å². The first-order valence-electron chi connectivity index (χ1n) is 5.26. The zero-order valence-electron chi connectivity index (χ0n) is 12.3. The number of nitrogens with two attached hydrogens (primary N) is 1. The fraction of sp³-hybridized carbons (Fsp3) is 0.778. The zero-order valence-corrected chi connectivity index (χ0v) is 18.0. The summed E-state index contributed by atoms with van der Waals surface area (Å²) >= 11 is 4.24. The molecule has 0 aliphatic heterocycles. The molecule has 0 fully saturated rings. The van der Waals surface area contributed by atoms with E-state index < -0.39 is 0 Å². The van der Waals surface area contributed by atoms with Gasteiger partial charge in [0.15, 0.2) is 0 Å². The van der Waals surface area contributed by atoms with Gasteiger partial charge in [-0.2, -0.15) is 0 Å². The van der Waals surface area contributed by atoms with Gasteiger partial charge in [-0.1, -0.05) is 93.0 Å². The minimum Gasteiger partial charge on any atom is -0.331 e. The van der Waals surface area contributed by atoms with E-state index >= 15 is 0 Å². The predicted octanol–water partition coefficient (Wildman–Crippen LogP) is 10.2. The van der Waals surface area contributed by atoms with Gasteiger partial charge in [0.2, 0.25) is 0 Å². The summed E-state index contributed by atoms with van der Waals surface area (Å²) in [6.45, 7) is 26.7. The minimum atomic E-state index is 0. The van der Waals surface area contributed by atoms with Crippen LogP contribution in [-0.2, 0) is 18.6 Å². The molecule has 0 aliphatic carbocycles. The maximum atomic E-state index is 4.85.